The largest absolute Gasteiger partial charge is 0.308 e. The second-order valence-corrected chi connectivity index (χ2v) is 3.67. The van der Waals surface area contributed by atoms with Gasteiger partial charge in [-0.1, -0.05) is 30.3 Å². The molecule has 0 saturated heterocycles. The van der Waals surface area contributed by atoms with Crippen LogP contribution in [0.1, 0.15) is 10.9 Å². The Hall–Kier alpha value is -0.530. The standard InChI is InChI=1S/C10H14ClN/c1-12(2)8-10(11)9-6-4-3-5-7-9/h3-7,10H,8H2,1-2H3. The van der Waals surface area contributed by atoms with Crippen molar-refractivity contribution >= 4 is 11.6 Å². The van der Waals surface area contributed by atoms with Crippen LogP contribution < -0.4 is 0 Å². The Labute approximate surface area is 79.0 Å². The highest BCUT2D eigenvalue weighted by Crippen LogP contribution is 2.19. The van der Waals surface area contributed by atoms with E-state index >= 15 is 0 Å². The number of hydrogen-bond donors (Lipinski definition) is 0. The van der Waals surface area contributed by atoms with Crippen molar-refractivity contribution in [3.63, 3.8) is 0 Å². The molecule has 1 nitrogen and oxygen atoms in total. The molecule has 1 aromatic rings. The van der Waals surface area contributed by atoms with E-state index in [9.17, 15) is 0 Å². The lowest BCUT2D eigenvalue weighted by Crippen LogP contribution is -2.17. The lowest BCUT2D eigenvalue weighted by molar-refractivity contribution is 0.408. The molecule has 2 heteroatoms. The molecule has 66 valence electrons. The van der Waals surface area contributed by atoms with Crippen LogP contribution in [0.3, 0.4) is 0 Å². The molecule has 0 aliphatic carbocycles. The minimum absolute atomic E-state index is 0.0983. The van der Waals surface area contributed by atoms with Crippen LogP contribution in [0.5, 0.6) is 0 Å². The number of hydrogen-bond acceptors (Lipinski definition) is 1. The molecule has 1 rings (SSSR count). The molecule has 0 spiro atoms. The van der Waals surface area contributed by atoms with Crippen molar-refractivity contribution in [1.29, 1.82) is 0 Å². The first-order valence-corrected chi connectivity index (χ1v) is 4.47. The Balaban J connectivity index is 2.59. The minimum Gasteiger partial charge on any atom is -0.308 e. The maximum atomic E-state index is 6.16. The van der Waals surface area contributed by atoms with Crippen LogP contribution in [0.4, 0.5) is 0 Å². The maximum absolute atomic E-state index is 6.16. The molecule has 0 aromatic heterocycles. The average molecular weight is 184 g/mol. The summed E-state index contributed by atoms with van der Waals surface area (Å²) >= 11 is 6.16. The van der Waals surface area contributed by atoms with Crippen molar-refractivity contribution in [3.05, 3.63) is 35.9 Å². The highest BCUT2D eigenvalue weighted by Gasteiger charge is 2.07. The van der Waals surface area contributed by atoms with Crippen LogP contribution >= 0.6 is 11.6 Å². The predicted octanol–water partition coefficient (Wildman–Crippen LogP) is 2.53. The molecule has 0 fully saturated rings. The molecule has 12 heavy (non-hydrogen) atoms. The molecule has 1 aromatic carbocycles. The second-order valence-electron chi connectivity index (χ2n) is 3.14. The first-order valence-electron chi connectivity index (χ1n) is 4.04. The molecule has 0 N–H and O–H groups in total. The number of likely N-dealkylation sites (N-methyl/N-ethyl adjacent to an activating group) is 1. The smallest absolute Gasteiger partial charge is 0.0712 e. The van der Waals surface area contributed by atoms with Gasteiger partial charge in [0.2, 0.25) is 0 Å². The molecule has 0 amide bonds. The van der Waals surface area contributed by atoms with Gasteiger partial charge in [0, 0.05) is 6.54 Å². The van der Waals surface area contributed by atoms with Gasteiger partial charge in [-0.3, -0.25) is 0 Å². The van der Waals surface area contributed by atoms with Gasteiger partial charge in [-0.25, -0.2) is 0 Å². The van der Waals surface area contributed by atoms with Crippen LogP contribution in [0.15, 0.2) is 30.3 Å². The van der Waals surface area contributed by atoms with Crippen LogP contribution in [0.25, 0.3) is 0 Å². The van der Waals surface area contributed by atoms with Crippen molar-refractivity contribution in [1.82, 2.24) is 4.90 Å². The highest BCUT2D eigenvalue weighted by atomic mass is 35.5. The third-order valence-corrected chi connectivity index (χ3v) is 2.08. The molecule has 0 bridgehead atoms. The van der Waals surface area contributed by atoms with E-state index in [-0.39, 0.29) is 5.38 Å². The maximum Gasteiger partial charge on any atom is 0.0712 e. The normalized spacial score (nSPS) is 13.3. The number of rotatable bonds is 3. The Morgan fingerprint density at radius 2 is 1.83 bits per heavy atom. The Kier molecular flexibility index (Phi) is 3.57. The predicted molar refractivity (Wildman–Crippen MR) is 53.6 cm³/mol. The van der Waals surface area contributed by atoms with E-state index in [2.05, 4.69) is 17.0 Å². The fourth-order valence-electron chi connectivity index (χ4n) is 1.09. The molecule has 1 atom stereocenters. The van der Waals surface area contributed by atoms with Gasteiger partial charge in [0.05, 0.1) is 5.38 Å². The lowest BCUT2D eigenvalue weighted by Gasteiger charge is -2.14. The summed E-state index contributed by atoms with van der Waals surface area (Å²) in [5, 5.41) is 0.0983. The molecule has 0 radical (unpaired) electrons. The van der Waals surface area contributed by atoms with Crippen molar-refractivity contribution in [3.8, 4) is 0 Å². The van der Waals surface area contributed by atoms with E-state index in [0.717, 1.165) is 6.54 Å². The van der Waals surface area contributed by atoms with Crippen LogP contribution in [0, 0.1) is 0 Å². The summed E-state index contributed by atoms with van der Waals surface area (Å²) in [4.78, 5) is 2.09. The van der Waals surface area contributed by atoms with E-state index in [1.807, 2.05) is 32.3 Å². The molecule has 0 heterocycles. The van der Waals surface area contributed by atoms with Crippen LogP contribution in [0.2, 0.25) is 0 Å². The van der Waals surface area contributed by atoms with Gasteiger partial charge in [0.1, 0.15) is 0 Å². The van der Waals surface area contributed by atoms with Crippen molar-refractivity contribution in [2.45, 2.75) is 5.38 Å². The second kappa shape index (κ2) is 4.48. The highest BCUT2D eigenvalue weighted by molar-refractivity contribution is 6.21. The summed E-state index contributed by atoms with van der Waals surface area (Å²) in [6, 6.07) is 10.1. The summed E-state index contributed by atoms with van der Waals surface area (Å²) in [5.74, 6) is 0. The molecular weight excluding hydrogens is 170 g/mol. The van der Waals surface area contributed by atoms with Crippen molar-refractivity contribution in [2.75, 3.05) is 20.6 Å². The van der Waals surface area contributed by atoms with E-state index in [4.69, 9.17) is 11.6 Å². The van der Waals surface area contributed by atoms with Crippen LogP contribution in [-0.2, 0) is 0 Å². The van der Waals surface area contributed by atoms with Gasteiger partial charge in [-0.05, 0) is 19.7 Å². The van der Waals surface area contributed by atoms with Gasteiger partial charge >= 0.3 is 0 Å². The number of halogens is 1. The van der Waals surface area contributed by atoms with E-state index in [1.165, 1.54) is 5.56 Å². The Morgan fingerprint density at radius 1 is 1.25 bits per heavy atom. The fraction of sp³-hybridized carbons (Fsp3) is 0.400. The molecular formula is C10H14ClN. The summed E-state index contributed by atoms with van der Waals surface area (Å²) in [6.07, 6.45) is 0. The van der Waals surface area contributed by atoms with E-state index in [1.54, 1.807) is 0 Å². The fourth-order valence-corrected chi connectivity index (χ4v) is 1.51. The third kappa shape index (κ3) is 2.84. The van der Waals surface area contributed by atoms with Gasteiger partial charge in [-0.2, -0.15) is 0 Å². The van der Waals surface area contributed by atoms with Gasteiger partial charge in [0.25, 0.3) is 0 Å². The molecule has 0 saturated carbocycles. The van der Waals surface area contributed by atoms with Crippen LogP contribution in [-0.4, -0.2) is 25.5 Å². The van der Waals surface area contributed by atoms with E-state index < -0.39 is 0 Å². The van der Waals surface area contributed by atoms with E-state index in [0.29, 0.717) is 0 Å². The summed E-state index contributed by atoms with van der Waals surface area (Å²) in [7, 11) is 4.05. The molecule has 1 unspecified atom stereocenters. The third-order valence-electron chi connectivity index (χ3n) is 1.69. The zero-order valence-corrected chi connectivity index (χ0v) is 8.25. The molecule has 0 aliphatic rings. The van der Waals surface area contributed by atoms with Crippen molar-refractivity contribution in [2.24, 2.45) is 0 Å². The molecule has 0 aliphatic heterocycles. The summed E-state index contributed by atoms with van der Waals surface area (Å²) in [5.41, 5.74) is 1.19. The minimum atomic E-state index is 0.0983. The summed E-state index contributed by atoms with van der Waals surface area (Å²) in [6.45, 7) is 0.881. The SMILES string of the molecule is CN(C)CC(Cl)c1ccccc1. The average Bonchev–Trinajstić information content (AvgIpc) is 2.05. The van der Waals surface area contributed by atoms with Gasteiger partial charge < -0.3 is 4.90 Å². The van der Waals surface area contributed by atoms with Gasteiger partial charge in [-0.15, -0.1) is 11.6 Å². The Bertz CT molecular complexity index is 221. The monoisotopic (exact) mass is 183 g/mol. The summed E-state index contributed by atoms with van der Waals surface area (Å²) < 4.78 is 0. The Morgan fingerprint density at radius 3 is 2.33 bits per heavy atom. The lowest BCUT2D eigenvalue weighted by atomic mass is 10.1. The number of alkyl halides is 1. The number of benzene rings is 1. The first-order chi connectivity index (χ1) is 5.70. The topological polar surface area (TPSA) is 3.24 Å². The number of nitrogens with zero attached hydrogens (tertiary/aromatic N) is 1. The zero-order valence-electron chi connectivity index (χ0n) is 7.50. The zero-order chi connectivity index (χ0) is 8.97. The van der Waals surface area contributed by atoms with Crippen molar-refractivity contribution < 1.29 is 0 Å². The van der Waals surface area contributed by atoms with Gasteiger partial charge in [0.15, 0.2) is 0 Å². The quantitative estimate of drug-likeness (QED) is 0.651. The first kappa shape index (κ1) is 9.56.